The van der Waals surface area contributed by atoms with Crippen LogP contribution in [-0.2, 0) is 6.42 Å². The summed E-state index contributed by atoms with van der Waals surface area (Å²) in [5.41, 5.74) is 13.5. The van der Waals surface area contributed by atoms with Crippen LogP contribution in [-0.4, -0.2) is 0 Å². The average molecular weight is 693 g/mol. The number of aryl methyl sites for hydroxylation is 1. The highest BCUT2D eigenvalue weighted by molar-refractivity contribution is 7.77. The van der Waals surface area contributed by atoms with Crippen LogP contribution in [0.3, 0.4) is 0 Å². The van der Waals surface area contributed by atoms with Crippen LogP contribution in [0, 0.1) is 0 Å². The zero-order chi connectivity index (χ0) is 34.9. The van der Waals surface area contributed by atoms with Gasteiger partial charge in [0, 0.05) is 0 Å². The van der Waals surface area contributed by atoms with Gasteiger partial charge in [0.15, 0.2) is 0 Å². The van der Waals surface area contributed by atoms with Crippen molar-refractivity contribution in [1.82, 2.24) is 0 Å². The summed E-state index contributed by atoms with van der Waals surface area (Å²) in [5.74, 6) is 0. The van der Waals surface area contributed by atoms with Gasteiger partial charge in [0.1, 0.15) is 0 Å². The second kappa shape index (κ2) is 12.4. The summed E-state index contributed by atoms with van der Waals surface area (Å²) in [6.07, 6.45) is 16.2. The third-order valence-electron chi connectivity index (χ3n) is 11.7. The average Bonchev–Trinajstić information content (AvgIpc) is 3.56. The number of benzene rings is 8. The first-order valence-corrected chi connectivity index (χ1v) is 20.3. The van der Waals surface area contributed by atoms with Gasteiger partial charge in [0.2, 0.25) is 0 Å². The molecule has 8 aromatic carbocycles. The van der Waals surface area contributed by atoms with Crippen molar-refractivity contribution in [3.63, 3.8) is 0 Å². The first kappa shape index (κ1) is 30.8. The van der Waals surface area contributed by atoms with Crippen LogP contribution in [0.25, 0.3) is 82.9 Å². The highest BCUT2D eigenvalue weighted by Crippen LogP contribution is 2.59. The first-order chi connectivity index (χ1) is 26.3. The van der Waals surface area contributed by atoms with Crippen LogP contribution in [0.4, 0.5) is 0 Å². The molecule has 1 unspecified atom stereocenters. The predicted octanol–water partition coefficient (Wildman–Crippen LogP) is 13.8. The van der Waals surface area contributed by atoms with Crippen molar-refractivity contribution in [3.8, 4) is 44.5 Å². The van der Waals surface area contributed by atoms with E-state index in [9.17, 15) is 0 Å². The van der Waals surface area contributed by atoms with Crippen molar-refractivity contribution in [2.75, 3.05) is 0 Å². The van der Waals surface area contributed by atoms with Gasteiger partial charge in [-0.3, -0.25) is 0 Å². The van der Waals surface area contributed by atoms with E-state index >= 15 is 0 Å². The molecule has 1 heteroatoms. The Morgan fingerprint density at radius 1 is 0.434 bits per heavy atom. The minimum atomic E-state index is -0.815. The fourth-order valence-electron chi connectivity index (χ4n) is 9.49. The van der Waals surface area contributed by atoms with Crippen molar-refractivity contribution in [3.05, 3.63) is 186 Å². The van der Waals surface area contributed by atoms with Gasteiger partial charge in [-0.15, -0.1) is 0 Å². The van der Waals surface area contributed by atoms with Crippen molar-refractivity contribution in [2.45, 2.75) is 25.7 Å². The molecular weight excluding hydrogens is 656 g/mol. The maximum absolute atomic E-state index is 2.56. The smallest absolute Gasteiger partial charge is 0.000741 e. The lowest BCUT2D eigenvalue weighted by Crippen LogP contribution is -2.17. The van der Waals surface area contributed by atoms with E-state index in [1.165, 1.54) is 98.6 Å². The second-order valence-corrected chi connectivity index (χ2v) is 16.8. The summed E-state index contributed by atoms with van der Waals surface area (Å²) in [4.78, 5) is 0. The van der Waals surface area contributed by atoms with Gasteiger partial charge in [-0.2, -0.15) is 0 Å². The normalized spacial score (nSPS) is 14.8. The molecule has 0 saturated carbocycles. The number of allylic oxidation sites excluding steroid dienone is 5. The summed E-state index contributed by atoms with van der Waals surface area (Å²) in [6.45, 7) is 0. The summed E-state index contributed by atoms with van der Waals surface area (Å²) < 4.78 is 0. The molecule has 3 aliphatic rings. The Morgan fingerprint density at radius 3 is 1.72 bits per heavy atom. The molecule has 0 spiro atoms. The van der Waals surface area contributed by atoms with E-state index in [0.29, 0.717) is 0 Å². The van der Waals surface area contributed by atoms with Crippen molar-refractivity contribution in [2.24, 2.45) is 0 Å². The minimum absolute atomic E-state index is 0.815. The topological polar surface area (TPSA) is 0 Å². The summed E-state index contributed by atoms with van der Waals surface area (Å²) in [7, 11) is -0.815. The van der Waals surface area contributed by atoms with E-state index in [4.69, 9.17) is 0 Å². The molecule has 0 saturated heterocycles. The molecule has 0 radical (unpaired) electrons. The van der Waals surface area contributed by atoms with Crippen LogP contribution in [0.5, 0.6) is 0 Å². The molecule has 0 N–H and O–H groups in total. The Morgan fingerprint density at radius 2 is 1.04 bits per heavy atom. The Labute approximate surface area is 312 Å². The third kappa shape index (κ3) is 4.72. The molecule has 0 amide bonds. The number of hydrogen-bond acceptors (Lipinski definition) is 0. The van der Waals surface area contributed by atoms with E-state index in [1.807, 2.05) is 0 Å². The molecule has 0 nitrogen and oxygen atoms in total. The largest absolute Gasteiger partial charge is 0.0842 e. The van der Waals surface area contributed by atoms with Crippen LogP contribution in [0.15, 0.2) is 175 Å². The molecule has 0 heterocycles. The van der Waals surface area contributed by atoms with Crippen LogP contribution >= 0.6 is 7.92 Å². The first-order valence-electron chi connectivity index (χ1n) is 19.0. The summed E-state index contributed by atoms with van der Waals surface area (Å²) in [6, 6.07) is 55.1. The fourth-order valence-corrected chi connectivity index (χ4v) is 12.3. The lowest BCUT2D eigenvalue weighted by atomic mass is 9.82. The molecule has 0 bridgehead atoms. The lowest BCUT2D eigenvalue weighted by molar-refractivity contribution is 0.998. The number of fused-ring (bicyclic) bond motifs is 7. The molecule has 0 aliphatic heterocycles. The molecule has 11 rings (SSSR count). The fraction of sp³-hybridized carbons (Fsp3) is 0.0769. The van der Waals surface area contributed by atoms with E-state index in [0.717, 1.165) is 25.7 Å². The van der Waals surface area contributed by atoms with E-state index in [2.05, 4.69) is 176 Å². The summed E-state index contributed by atoms with van der Waals surface area (Å²) in [5, 5.41) is 12.7. The molecule has 250 valence electrons. The molecule has 8 aromatic rings. The van der Waals surface area contributed by atoms with E-state index < -0.39 is 7.92 Å². The molecule has 3 aliphatic carbocycles. The van der Waals surface area contributed by atoms with Crippen molar-refractivity contribution >= 4 is 56.9 Å². The third-order valence-corrected chi connectivity index (χ3v) is 14.4. The van der Waals surface area contributed by atoms with Gasteiger partial charge in [-0.1, -0.05) is 170 Å². The molecular formula is C52H37P. The quantitative estimate of drug-likeness (QED) is 0.158. The Bertz CT molecular complexity index is 2780. The summed E-state index contributed by atoms with van der Waals surface area (Å²) >= 11 is 0. The molecule has 0 aromatic heterocycles. The number of rotatable bonds is 5. The maximum atomic E-state index is 2.56. The van der Waals surface area contributed by atoms with Crippen LogP contribution < -0.4 is 10.6 Å². The molecule has 53 heavy (non-hydrogen) atoms. The lowest BCUT2D eigenvalue weighted by Gasteiger charge is -2.28. The highest BCUT2D eigenvalue weighted by atomic mass is 31.1. The van der Waals surface area contributed by atoms with E-state index in [-0.39, 0.29) is 0 Å². The van der Waals surface area contributed by atoms with Gasteiger partial charge >= 0.3 is 0 Å². The predicted molar refractivity (Wildman–Crippen MR) is 231 cm³/mol. The minimum Gasteiger partial charge on any atom is -0.0842 e. The van der Waals surface area contributed by atoms with Gasteiger partial charge in [0.05, 0.1) is 0 Å². The highest BCUT2D eigenvalue weighted by Gasteiger charge is 2.33. The van der Waals surface area contributed by atoms with Crippen LogP contribution in [0.2, 0.25) is 0 Å². The second-order valence-electron chi connectivity index (χ2n) is 14.5. The van der Waals surface area contributed by atoms with Gasteiger partial charge in [-0.05, 0) is 144 Å². The van der Waals surface area contributed by atoms with Crippen LogP contribution in [0.1, 0.15) is 30.4 Å². The Balaban J connectivity index is 1.25. The SMILES string of the molecule is C1=CCCC(P(c2cc3c(c4ccccc24)CCC=C3)c2ccc3c4c(cccc24)-c2c-3c(-c3ccccc3)c3ccccc3c2-c2ccccc2)=C1. The monoisotopic (exact) mass is 692 g/mol. The molecule has 0 fully saturated rings. The van der Waals surface area contributed by atoms with Crippen molar-refractivity contribution < 1.29 is 0 Å². The van der Waals surface area contributed by atoms with Gasteiger partial charge in [-0.25, -0.2) is 0 Å². The van der Waals surface area contributed by atoms with Gasteiger partial charge < -0.3 is 0 Å². The number of hydrogen-bond donors (Lipinski definition) is 0. The Kier molecular flexibility index (Phi) is 7.21. The molecule has 1 atom stereocenters. The van der Waals surface area contributed by atoms with E-state index in [1.54, 1.807) is 5.31 Å². The zero-order valence-corrected chi connectivity index (χ0v) is 30.4. The zero-order valence-electron chi connectivity index (χ0n) is 29.5. The van der Waals surface area contributed by atoms with Gasteiger partial charge in [0.25, 0.3) is 0 Å². The van der Waals surface area contributed by atoms with Crippen molar-refractivity contribution in [1.29, 1.82) is 0 Å². The Hall–Kier alpha value is -5.81. The maximum Gasteiger partial charge on any atom is -0.000741 e. The standard InChI is InChI=1S/C52H37P/c1-4-17-34(18-5-1)48-41-27-14-15-28-42(41)49(35-19-6-2-7-20-35)52-45-31-32-46(43-29-16-30-44(50(43)45)51(48)52)53(37-22-8-3-9-23-37)47-33-36-21-10-11-24-38(36)39-25-12-13-26-40(39)47/h1-8,10,12-22,25-33H,9,11,23-24H2.